The zero-order valence-corrected chi connectivity index (χ0v) is 14.7. The predicted molar refractivity (Wildman–Crippen MR) is 96.4 cm³/mol. The van der Waals surface area contributed by atoms with Gasteiger partial charge in [0.2, 0.25) is 0 Å². The van der Waals surface area contributed by atoms with Crippen LogP contribution in [-0.2, 0) is 0 Å². The summed E-state index contributed by atoms with van der Waals surface area (Å²) in [5, 5.41) is 8.01. The lowest BCUT2D eigenvalue weighted by Gasteiger charge is -2.19. The van der Waals surface area contributed by atoms with Crippen LogP contribution in [0.25, 0.3) is 0 Å². The Hall–Kier alpha value is -1.07. The number of nitrogens with one attached hydrogen (secondary N) is 2. The van der Waals surface area contributed by atoms with E-state index in [0.29, 0.717) is 22.6 Å². The summed E-state index contributed by atoms with van der Waals surface area (Å²) < 4.78 is 5.84. The number of benzene rings is 1. The molecule has 1 aliphatic rings. The molecule has 6 heteroatoms. The van der Waals surface area contributed by atoms with Gasteiger partial charge in [0, 0.05) is 18.8 Å². The van der Waals surface area contributed by atoms with Crippen LogP contribution in [0.15, 0.2) is 29.3 Å². The molecule has 0 radical (unpaired) electrons. The Morgan fingerprint density at radius 3 is 2.95 bits per heavy atom. The van der Waals surface area contributed by atoms with Crippen molar-refractivity contribution in [3.05, 3.63) is 29.3 Å². The van der Waals surface area contributed by atoms with E-state index in [-0.39, 0.29) is 6.10 Å². The number of nitrogens with zero attached hydrogens (tertiary/aromatic N) is 1. The molecule has 2 atom stereocenters. The fourth-order valence-electron chi connectivity index (χ4n) is 2.28. The van der Waals surface area contributed by atoms with Gasteiger partial charge in [-0.05, 0) is 37.7 Å². The smallest absolute Gasteiger partial charge is 0.191 e. The monoisotopic (exact) mass is 341 g/mol. The summed E-state index contributed by atoms with van der Waals surface area (Å²) >= 11 is 8.13. The summed E-state index contributed by atoms with van der Waals surface area (Å²) in [7, 11) is 1.79. The lowest BCUT2D eigenvalue weighted by Crippen LogP contribution is -2.43. The molecule has 0 bridgehead atoms. The number of halogens is 1. The van der Waals surface area contributed by atoms with Gasteiger partial charge in [-0.2, -0.15) is 11.8 Å². The summed E-state index contributed by atoms with van der Waals surface area (Å²) in [5.74, 6) is 2.81. The summed E-state index contributed by atoms with van der Waals surface area (Å²) in [6.45, 7) is 3.64. The third-order valence-electron chi connectivity index (χ3n) is 3.47. The second-order valence-corrected chi connectivity index (χ2v) is 7.14. The van der Waals surface area contributed by atoms with Crippen LogP contribution in [-0.4, -0.2) is 43.2 Å². The van der Waals surface area contributed by atoms with Crippen LogP contribution in [0, 0.1) is 0 Å². The number of hydrogen-bond acceptors (Lipinski definition) is 3. The van der Waals surface area contributed by atoms with E-state index in [4.69, 9.17) is 16.3 Å². The third kappa shape index (κ3) is 5.61. The van der Waals surface area contributed by atoms with Gasteiger partial charge < -0.3 is 15.4 Å². The van der Waals surface area contributed by atoms with Gasteiger partial charge in [-0.25, -0.2) is 0 Å². The largest absolute Gasteiger partial charge is 0.487 e. The lowest BCUT2D eigenvalue weighted by molar-refractivity contribution is 0.224. The highest BCUT2D eigenvalue weighted by Gasteiger charge is 2.15. The minimum atomic E-state index is -0.000643. The molecule has 22 heavy (non-hydrogen) atoms. The van der Waals surface area contributed by atoms with Crippen molar-refractivity contribution >= 4 is 29.3 Å². The molecule has 1 aromatic carbocycles. The van der Waals surface area contributed by atoms with E-state index in [2.05, 4.69) is 15.6 Å². The van der Waals surface area contributed by atoms with Gasteiger partial charge in [-0.1, -0.05) is 23.7 Å². The van der Waals surface area contributed by atoms with Gasteiger partial charge in [0.25, 0.3) is 0 Å². The molecule has 0 spiro atoms. The third-order valence-corrected chi connectivity index (χ3v) is 5.18. The van der Waals surface area contributed by atoms with Crippen molar-refractivity contribution < 1.29 is 4.74 Å². The molecular formula is C16H24ClN3OS. The molecular weight excluding hydrogens is 318 g/mol. The van der Waals surface area contributed by atoms with E-state index in [9.17, 15) is 0 Å². The summed E-state index contributed by atoms with van der Waals surface area (Å²) in [4.78, 5) is 4.25. The summed E-state index contributed by atoms with van der Waals surface area (Å²) in [5.41, 5.74) is 0. The average molecular weight is 342 g/mol. The number of para-hydroxylation sites is 1. The van der Waals surface area contributed by atoms with Crippen molar-refractivity contribution in [3.63, 3.8) is 0 Å². The van der Waals surface area contributed by atoms with Crippen molar-refractivity contribution in [2.45, 2.75) is 31.1 Å². The van der Waals surface area contributed by atoms with Crippen LogP contribution >= 0.6 is 23.4 Å². The maximum atomic E-state index is 6.10. The van der Waals surface area contributed by atoms with Crippen LogP contribution < -0.4 is 15.4 Å². The zero-order valence-electron chi connectivity index (χ0n) is 13.1. The molecule has 1 aromatic rings. The van der Waals surface area contributed by atoms with Crippen LogP contribution in [0.3, 0.4) is 0 Å². The van der Waals surface area contributed by atoms with E-state index >= 15 is 0 Å². The minimum absolute atomic E-state index is 0.000643. The quantitative estimate of drug-likeness (QED) is 0.616. The Balaban J connectivity index is 1.71. The normalized spacial score (nSPS) is 19.8. The standard InChI is InChI=1S/C16H24ClN3OS/c1-12(21-15-8-4-3-7-14(15)17)10-19-16(18-2)20-11-13-6-5-9-22-13/h3-4,7-8,12-13H,5-6,9-11H2,1-2H3,(H2,18,19,20). The molecule has 2 unspecified atom stereocenters. The van der Waals surface area contributed by atoms with Gasteiger partial charge in [-0.15, -0.1) is 0 Å². The summed E-state index contributed by atoms with van der Waals surface area (Å²) in [6.07, 6.45) is 2.62. The van der Waals surface area contributed by atoms with E-state index in [1.807, 2.05) is 43.0 Å². The van der Waals surface area contributed by atoms with E-state index in [0.717, 1.165) is 12.5 Å². The van der Waals surface area contributed by atoms with Crippen molar-refractivity contribution in [2.75, 3.05) is 25.9 Å². The Kier molecular flexibility index (Phi) is 7.19. The maximum absolute atomic E-state index is 6.10. The van der Waals surface area contributed by atoms with E-state index in [1.54, 1.807) is 7.05 Å². The topological polar surface area (TPSA) is 45.7 Å². The Bertz CT molecular complexity index is 492. The SMILES string of the molecule is CN=C(NCC(C)Oc1ccccc1Cl)NCC1CCCS1. The molecule has 1 saturated heterocycles. The first kappa shape index (κ1) is 17.3. The van der Waals surface area contributed by atoms with Crippen LogP contribution in [0.4, 0.5) is 0 Å². The van der Waals surface area contributed by atoms with Gasteiger partial charge in [0.1, 0.15) is 11.9 Å². The van der Waals surface area contributed by atoms with E-state index in [1.165, 1.54) is 18.6 Å². The molecule has 0 aliphatic carbocycles. The Labute approximate surface area is 142 Å². The first-order chi connectivity index (χ1) is 10.7. The number of guanidine groups is 1. The molecule has 122 valence electrons. The molecule has 4 nitrogen and oxygen atoms in total. The van der Waals surface area contributed by atoms with Crippen molar-refractivity contribution in [1.29, 1.82) is 0 Å². The predicted octanol–water partition coefficient (Wildman–Crippen LogP) is 3.17. The average Bonchev–Trinajstić information content (AvgIpc) is 3.03. The van der Waals surface area contributed by atoms with Crippen molar-refractivity contribution in [3.8, 4) is 5.75 Å². The highest BCUT2D eigenvalue weighted by molar-refractivity contribution is 8.00. The fourth-order valence-corrected chi connectivity index (χ4v) is 3.66. The highest BCUT2D eigenvalue weighted by Crippen LogP contribution is 2.25. The number of rotatable bonds is 6. The minimum Gasteiger partial charge on any atom is -0.487 e. The highest BCUT2D eigenvalue weighted by atomic mass is 35.5. The lowest BCUT2D eigenvalue weighted by atomic mass is 10.2. The number of thioether (sulfide) groups is 1. The fraction of sp³-hybridized carbons (Fsp3) is 0.562. The van der Waals surface area contributed by atoms with Gasteiger partial charge in [-0.3, -0.25) is 4.99 Å². The second-order valence-electron chi connectivity index (χ2n) is 5.33. The van der Waals surface area contributed by atoms with Gasteiger partial charge >= 0.3 is 0 Å². The molecule has 1 fully saturated rings. The Morgan fingerprint density at radius 1 is 1.45 bits per heavy atom. The molecule has 0 saturated carbocycles. The van der Waals surface area contributed by atoms with Crippen LogP contribution in [0.2, 0.25) is 5.02 Å². The molecule has 1 heterocycles. The molecule has 1 aliphatic heterocycles. The van der Waals surface area contributed by atoms with Crippen LogP contribution in [0.1, 0.15) is 19.8 Å². The van der Waals surface area contributed by atoms with Crippen LogP contribution in [0.5, 0.6) is 5.75 Å². The zero-order chi connectivity index (χ0) is 15.8. The molecule has 0 amide bonds. The maximum Gasteiger partial charge on any atom is 0.191 e. The first-order valence-corrected chi connectivity index (χ1v) is 9.09. The Morgan fingerprint density at radius 2 is 2.27 bits per heavy atom. The molecule has 2 rings (SSSR count). The van der Waals surface area contributed by atoms with Gasteiger partial charge in [0.05, 0.1) is 11.6 Å². The second kappa shape index (κ2) is 9.16. The number of aliphatic imine (C=N–C) groups is 1. The van der Waals surface area contributed by atoms with Gasteiger partial charge in [0.15, 0.2) is 5.96 Å². The van der Waals surface area contributed by atoms with Crippen molar-refractivity contribution in [1.82, 2.24) is 10.6 Å². The molecule has 0 aromatic heterocycles. The molecule has 2 N–H and O–H groups in total. The van der Waals surface area contributed by atoms with Crippen molar-refractivity contribution in [2.24, 2.45) is 4.99 Å². The number of hydrogen-bond donors (Lipinski definition) is 2. The number of ether oxygens (including phenoxy) is 1. The van der Waals surface area contributed by atoms with E-state index < -0.39 is 0 Å². The first-order valence-electron chi connectivity index (χ1n) is 7.66. The summed E-state index contributed by atoms with van der Waals surface area (Å²) in [6, 6.07) is 7.52.